The van der Waals surface area contributed by atoms with E-state index in [1.807, 2.05) is 24.3 Å². The zero-order valence-corrected chi connectivity index (χ0v) is 19.8. The molecule has 6 heteroatoms. The lowest BCUT2D eigenvalue weighted by atomic mass is 9.91. The average molecular weight is 487 g/mol. The van der Waals surface area contributed by atoms with E-state index in [0.717, 1.165) is 36.3 Å². The van der Waals surface area contributed by atoms with E-state index in [-0.39, 0.29) is 30.3 Å². The van der Waals surface area contributed by atoms with Gasteiger partial charge in [-0.25, -0.2) is 13.2 Å². The van der Waals surface area contributed by atoms with Crippen molar-refractivity contribution in [3.63, 3.8) is 0 Å². The topological polar surface area (TPSA) is 18.5 Å². The molecule has 1 aliphatic rings. The molecule has 0 aliphatic carbocycles. The van der Waals surface area contributed by atoms with Crippen LogP contribution >= 0.6 is 0 Å². The molecule has 3 aromatic rings. The number of halogens is 4. The average Bonchev–Trinajstić information content (AvgIpc) is 2.86. The van der Waals surface area contributed by atoms with Crippen molar-refractivity contribution in [2.45, 2.75) is 45.1 Å². The fourth-order valence-corrected chi connectivity index (χ4v) is 4.61. The zero-order valence-electron chi connectivity index (χ0n) is 19.8. The van der Waals surface area contributed by atoms with Crippen molar-refractivity contribution >= 4 is 0 Å². The number of rotatable bonds is 9. The normalized spacial score (nSPS) is 18.0. The van der Waals surface area contributed by atoms with Crippen LogP contribution in [0.1, 0.15) is 50.7 Å². The van der Waals surface area contributed by atoms with Crippen molar-refractivity contribution in [2.75, 3.05) is 19.9 Å². The molecule has 0 saturated carbocycles. The summed E-state index contributed by atoms with van der Waals surface area (Å²) in [4.78, 5) is 0. The Balaban J connectivity index is 1.48. The van der Waals surface area contributed by atoms with Gasteiger partial charge in [0.2, 0.25) is 0 Å². The molecule has 2 atom stereocenters. The SMILES string of the molecule is CCCC1CCC(c2ccc(-c3ccc(-c4cc(F)c(OCCCF)c(F)c4)c(F)c3)cc2)OC1. The van der Waals surface area contributed by atoms with E-state index < -0.39 is 29.9 Å². The summed E-state index contributed by atoms with van der Waals surface area (Å²) in [5.41, 5.74) is 2.76. The van der Waals surface area contributed by atoms with Crippen LogP contribution in [-0.2, 0) is 4.74 Å². The van der Waals surface area contributed by atoms with Gasteiger partial charge in [-0.05, 0) is 65.6 Å². The molecule has 0 aromatic heterocycles. The predicted octanol–water partition coefficient (Wildman–Crippen LogP) is 8.44. The van der Waals surface area contributed by atoms with Crippen LogP contribution in [0, 0.1) is 23.4 Å². The second-order valence-corrected chi connectivity index (χ2v) is 9.03. The zero-order chi connectivity index (χ0) is 24.8. The van der Waals surface area contributed by atoms with Crippen LogP contribution in [0.25, 0.3) is 22.3 Å². The fraction of sp³-hybridized carbons (Fsp3) is 0.379. The van der Waals surface area contributed by atoms with Crippen LogP contribution in [0.4, 0.5) is 17.6 Å². The maximum atomic E-state index is 15.0. The number of hydrogen-bond acceptors (Lipinski definition) is 2. The molecular weight excluding hydrogens is 456 g/mol. The highest BCUT2D eigenvalue weighted by atomic mass is 19.1. The van der Waals surface area contributed by atoms with Gasteiger partial charge < -0.3 is 9.47 Å². The molecule has 0 N–H and O–H groups in total. The van der Waals surface area contributed by atoms with E-state index >= 15 is 0 Å². The quantitative estimate of drug-likeness (QED) is 0.223. The number of alkyl halides is 1. The summed E-state index contributed by atoms with van der Waals surface area (Å²) in [6.07, 6.45) is 4.66. The number of ether oxygens (including phenoxy) is 2. The number of hydrogen-bond donors (Lipinski definition) is 0. The van der Waals surface area contributed by atoms with Crippen molar-refractivity contribution in [3.8, 4) is 28.0 Å². The molecule has 1 saturated heterocycles. The Morgan fingerprint density at radius 1 is 0.857 bits per heavy atom. The highest BCUT2D eigenvalue weighted by molar-refractivity contribution is 5.71. The summed E-state index contributed by atoms with van der Waals surface area (Å²) in [5.74, 6) is -2.44. The summed E-state index contributed by atoms with van der Waals surface area (Å²) in [6.45, 7) is 2.20. The molecule has 1 aliphatic heterocycles. The Hall–Kier alpha value is -2.86. The van der Waals surface area contributed by atoms with Crippen LogP contribution < -0.4 is 4.74 Å². The van der Waals surface area contributed by atoms with Crippen LogP contribution in [0.5, 0.6) is 5.75 Å². The van der Waals surface area contributed by atoms with Gasteiger partial charge in [0.15, 0.2) is 17.4 Å². The first kappa shape index (κ1) is 25.2. The largest absolute Gasteiger partial charge is 0.488 e. The molecule has 1 fully saturated rings. The lowest BCUT2D eigenvalue weighted by molar-refractivity contribution is -0.0194. The van der Waals surface area contributed by atoms with Gasteiger partial charge in [-0.15, -0.1) is 0 Å². The third kappa shape index (κ3) is 6.04. The van der Waals surface area contributed by atoms with Gasteiger partial charge in [0, 0.05) is 12.0 Å². The Bertz CT molecular complexity index is 1100. The summed E-state index contributed by atoms with van der Waals surface area (Å²) in [6, 6.07) is 14.5. The van der Waals surface area contributed by atoms with Gasteiger partial charge in [-0.1, -0.05) is 49.7 Å². The Labute approximate surface area is 203 Å². The second kappa shape index (κ2) is 11.7. The van der Waals surface area contributed by atoms with Gasteiger partial charge >= 0.3 is 0 Å². The molecule has 4 rings (SSSR count). The molecule has 0 bridgehead atoms. The first-order valence-corrected chi connectivity index (χ1v) is 12.2. The van der Waals surface area contributed by atoms with Crippen molar-refractivity contribution < 1.29 is 27.0 Å². The van der Waals surface area contributed by atoms with E-state index in [0.29, 0.717) is 11.5 Å². The fourth-order valence-electron chi connectivity index (χ4n) is 4.61. The lowest BCUT2D eigenvalue weighted by Gasteiger charge is -2.29. The summed E-state index contributed by atoms with van der Waals surface area (Å²) < 4.78 is 66.9. The Morgan fingerprint density at radius 2 is 1.54 bits per heavy atom. The lowest BCUT2D eigenvalue weighted by Crippen LogP contribution is -2.20. The summed E-state index contributed by atoms with van der Waals surface area (Å²) >= 11 is 0. The van der Waals surface area contributed by atoms with Crippen LogP contribution in [-0.4, -0.2) is 19.9 Å². The smallest absolute Gasteiger partial charge is 0.190 e. The van der Waals surface area contributed by atoms with Crippen LogP contribution in [0.2, 0.25) is 0 Å². The van der Waals surface area contributed by atoms with Crippen molar-refractivity contribution in [1.82, 2.24) is 0 Å². The highest BCUT2D eigenvalue weighted by Gasteiger charge is 2.22. The van der Waals surface area contributed by atoms with Crippen molar-refractivity contribution in [1.29, 1.82) is 0 Å². The third-order valence-electron chi connectivity index (χ3n) is 6.49. The minimum Gasteiger partial charge on any atom is -0.488 e. The first-order chi connectivity index (χ1) is 17.0. The standard InChI is InChI=1S/C29H30F4O2/c1-2-4-19-5-12-28(35-18-19)21-8-6-20(7-9-21)22-10-11-24(25(31)15-22)23-16-26(32)29(27(33)17-23)34-14-3-13-30/h6-11,15-17,19,28H,2-5,12-14,18H2,1H3. The van der Waals surface area contributed by atoms with Gasteiger partial charge in [0.25, 0.3) is 0 Å². The molecule has 0 spiro atoms. The van der Waals surface area contributed by atoms with E-state index in [9.17, 15) is 17.6 Å². The Kier molecular flexibility index (Phi) is 8.45. The van der Waals surface area contributed by atoms with E-state index in [4.69, 9.17) is 9.47 Å². The van der Waals surface area contributed by atoms with Crippen LogP contribution in [0.15, 0.2) is 54.6 Å². The first-order valence-electron chi connectivity index (χ1n) is 12.2. The summed E-state index contributed by atoms with van der Waals surface area (Å²) in [7, 11) is 0. The molecule has 186 valence electrons. The molecule has 2 nitrogen and oxygen atoms in total. The third-order valence-corrected chi connectivity index (χ3v) is 6.49. The molecule has 2 unspecified atom stereocenters. The number of benzene rings is 3. The maximum Gasteiger partial charge on any atom is 0.190 e. The minimum atomic E-state index is -0.955. The molecule has 1 heterocycles. The Morgan fingerprint density at radius 3 is 2.14 bits per heavy atom. The summed E-state index contributed by atoms with van der Waals surface area (Å²) in [5, 5.41) is 0. The van der Waals surface area contributed by atoms with Crippen molar-refractivity contribution in [3.05, 3.63) is 77.6 Å². The molecular formula is C29H30F4O2. The van der Waals surface area contributed by atoms with Gasteiger partial charge in [-0.3, -0.25) is 4.39 Å². The highest BCUT2D eigenvalue weighted by Crippen LogP contribution is 2.35. The van der Waals surface area contributed by atoms with E-state index in [1.54, 1.807) is 6.07 Å². The van der Waals surface area contributed by atoms with Gasteiger partial charge in [0.05, 0.1) is 26.0 Å². The van der Waals surface area contributed by atoms with Gasteiger partial charge in [0.1, 0.15) is 5.82 Å². The van der Waals surface area contributed by atoms with Gasteiger partial charge in [-0.2, -0.15) is 0 Å². The molecule has 3 aromatic carbocycles. The van der Waals surface area contributed by atoms with E-state index in [1.165, 1.54) is 31.4 Å². The molecule has 35 heavy (non-hydrogen) atoms. The van der Waals surface area contributed by atoms with Crippen molar-refractivity contribution in [2.24, 2.45) is 5.92 Å². The second-order valence-electron chi connectivity index (χ2n) is 9.03. The predicted molar refractivity (Wildman–Crippen MR) is 130 cm³/mol. The minimum absolute atomic E-state index is 0.0325. The maximum absolute atomic E-state index is 15.0. The van der Waals surface area contributed by atoms with Crippen LogP contribution in [0.3, 0.4) is 0 Å². The molecule has 0 amide bonds. The van der Waals surface area contributed by atoms with E-state index in [2.05, 4.69) is 6.92 Å². The molecule has 0 radical (unpaired) electrons. The monoisotopic (exact) mass is 486 g/mol.